The lowest BCUT2D eigenvalue weighted by molar-refractivity contribution is 0.0640. The van der Waals surface area contributed by atoms with Crippen molar-refractivity contribution in [3.05, 3.63) is 77.1 Å². The summed E-state index contributed by atoms with van der Waals surface area (Å²) >= 11 is 0. The molecule has 33 heavy (non-hydrogen) atoms. The highest BCUT2D eigenvalue weighted by Crippen LogP contribution is 2.32. The van der Waals surface area contributed by atoms with Crippen molar-refractivity contribution in [2.75, 3.05) is 18.9 Å². The Balaban J connectivity index is 1.67. The van der Waals surface area contributed by atoms with Crippen molar-refractivity contribution in [3.63, 3.8) is 0 Å². The normalized spacial score (nSPS) is 13.1. The molecular formula is C23H21N3O6S. The second-order valence-corrected chi connectivity index (χ2v) is 9.04. The zero-order chi connectivity index (χ0) is 23.8. The highest BCUT2D eigenvalue weighted by Gasteiger charge is 2.36. The summed E-state index contributed by atoms with van der Waals surface area (Å²) < 4.78 is 39.6. The number of rotatable bonds is 7. The van der Waals surface area contributed by atoms with Gasteiger partial charge in [-0.15, -0.1) is 0 Å². The summed E-state index contributed by atoms with van der Waals surface area (Å²) in [6, 6.07) is 12.7. The Hall–Kier alpha value is -3.92. The van der Waals surface area contributed by atoms with Gasteiger partial charge in [-0.25, -0.2) is 8.42 Å². The van der Waals surface area contributed by atoms with Crippen LogP contribution in [0.5, 0.6) is 11.5 Å². The minimum Gasteiger partial charge on any atom is -0.495 e. The predicted molar refractivity (Wildman–Crippen MR) is 120 cm³/mol. The van der Waals surface area contributed by atoms with Crippen molar-refractivity contribution >= 4 is 27.5 Å². The monoisotopic (exact) mass is 467 g/mol. The summed E-state index contributed by atoms with van der Waals surface area (Å²) in [5.74, 6) is -0.538. The molecule has 1 aromatic heterocycles. The fraction of sp³-hybridized carbons (Fsp3) is 0.174. The Morgan fingerprint density at radius 3 is 2.39 bits per heavy atom. The molecule has 2 heterocycles. The molecule has 0 fully saturated rings. The number of methoxy groups -OCH3 is 2. The average Bonchev–Trinajstić information content (AvgIpc) is 3.04. The zero-order valence-corrected chi connectivity index (χ0v) is 19.0. The van der Waals surface area contributed by atoms with E-state index in [1.54, 1.807) is 30.3 Å². The molecule has 1 aliphatic rings. The van der Waals surface area contributed by atoms with Crippen LogP contribution >= 0.6 is 0 Å². The number of imide groups is 1. The molecule has 0 saturated carbocycles. The molecule has 0 unspecified atom stereocenters. The molecule has 0 bridgehead atoms. The molecule has 4 rings (SSSR count). The highest BCUT2D eigenvalue weighted by atomic mass is 32.2. The fourth-order valence-corrected chi connectivity index (χ4v) is 4.85. The van der Waals surface area contributed by atoms with Crippen LogP contribution in [-0.2, 0) is 16.6 Å². The van der Waals surface area contributed by atoms with E-state index in [4.69, 9.17) is 9.47 Å². The molecule has 9 nitrogen and oxygen atoms in total. The number of aromatic nitrogens is 1. The quantitative estimate of drug-likeness (QED) is 0.531. The number of sulfonamides is 1. The van der Waals surface area contributed by atoms with Crippen LogP contribution in [-0.4, -0.2) is 44.3 Å². The van der Waals surface area contributed by atoms with Crippen molar-refractivity contribution in [2.45, 2.75) is 18.4 Å². The number of benzene rings is 2. The summed E-state index contributed by atoms with van der Waals surface area (Å²) in [5, 5.41) is 0. The topological polar surface area (TPSA) is 115 Å². The van der Waals surface area contributed by atoms with E-state index in [2.05, 4.69) is 9.71 Å². The predicted octanol–water partition coefficient (Wildman–Crippen LogP) is 3.00. The smallest absolute Gasteiger partial charge is 0.280 e. The zero-order valence-electron chi connectivity index (χ0n) is 18.2. The van der Waals surface area contributed by atoms with Gasteiger partial charge in [0, 0.05) is 6.20 Å². The molecular weight excluding hydrogens is 446 g/mol. The number of nitrogens with zero attached hydrogens (tertiary/aromatic N) is 2. The molecule has 170 valence electrons. The number of pyridine rings is 1. The minimum absolute atomic E-state index is 0.0806. The van der Waals surface area contributed by atoms with Crippen molar-refractivity contribution in [1.82, 2.24) is 9.88 Å². The maximum absolute atomic E-state index is 13.3. The lowest BCUT2D eigenvalue weighted by atomic mass is 10.2. The third-order valence-corrected chi connectivity index (χ3v) is 6.58. The van der Waals surface area contributed by atoms with Gasteiger partial charge < -0.3 is 9.47 Å². The van der Waals surface area contributed by atoms with Crippen LogP contribution in [0.1, 0.15) is 32.0 Å². The first-order chi connectivity index (χ1) is 15.7. The number of anilines is 1. The molecule has 2 aromatic carbocycles. The molecule has 3 aromatic rings. The van der Waals surface area contributed by atoms with Gasteiger partial charge >= 0.3 is 0 Å². The van der Waals surface area contributed by atoms with Gasteiger partial charge in [0.05, 0.1) is 32.0 Å². The van der Waals surface area contributed by atoms with Crippen molar-refractivity contribution in [3.8, 4) is 11.5 Å². The van der Waals surface area contributed by atoms with E-state index in [9.17, 15) is 18.0 Å². The third kappa shape index (κ3) is 4.12. The lowest BCUT2D eigenvalue weighted by Gasteiger charge is -2.17. The Morgan fingerprint density at radius 2 is 1.70 bits per heavy atom. The average molecular weight is 468 g/mol. The van der Waals surface area contributed by atoms with Crippen molar-refractivity contribution < 1.29 is 27.5 Å². The van der Waals surface area contributed by atoms with E-state index in [1.807, 2.05) is 6.92 Å². The Morgan fingerprint density at radius 1 is 0.970 bits per heavy atom. The van der Waals surface area contributed by atoms with Crippen molar-refractivity contribution in [2.24, 2.45) is 0 Å². The number of ether oxygens (including phenoxy) is 2. The molecule has 2 amide bonds. The summed E-state index contributed by atoms with van der Waals surface area (Å²) in [7, 11) is -1.29. The van der Waals surface area contributed by atoms with Gasteiger partial charge in [-0.3, -0.25) is 24.2 Å². The van der Waals surface area contributed by atoms with E-state index in [1.165, 1.54) is 38.6 Å². The summed E-state index contributed by atoms with van der Waals surface area (Å²) in [6.45, 7) is 1.71. The number of amides is 2. The largest absolute Gasteiger partial charge is 0.495 e. The van der Waals surface area contributed by atoms with Gasteiger partial charge in [0.2, 0.25) is 0 Å². The Labute approximate surface area is 191 Å². The fourth-order valence-electron chi connectivity index (χ4n) is 3.57. The molecule has 1 aliphatic heterocycles. The number of fused-ring (bicyclic) bond motifs is 1. The summed E-state index contributed by atoms with van der Waals surface area (Å²) in [6.07, 6.45) is 1.44. The van der Waals surface area contributed by atoms with Crippen molar-refractivity contribution in [1.29, 1.82) is 0 Å². The molecule has 0 atom stereocenters. The van der Waals surface area contributed by atoms with E-state index in [0.717, 1.165) is 10.5 Å². The van der Waals surface area contributed by atoms with Gasteiger partial charge in [-0.05, 0) is 54.4 Å². The second kappa shape index (κ2) is 8.55. The first-order valence-corrected chi connectivity index (χ1v) is 11.4. The van der Waals surface area contributed by atoms with E-state index in [-0.39, 0.29) is 34.1 Å². The van der Waals surface area contributed by atoms with Gasteiger partial charge in [0.15, 0.2) is 0 Å². The Kier molecular flexibility index (Phi) is 5.77. The molecule has 0 radical (unpaired) electrons. The summed E-state index contributed by atoms with van der Waals surface area (Å²) in [5.41, 5.74) is 1.85. The maximum atomic E-state index is 13.3. The maximum Gasteiger partial charge on any atom is 0.280 e. The van der Waals surface area contributed by atoms with Crippen LogP contribution in [0.15, 0.2) is 59.6 Å². The number of hydrogen-bond acceptors (Lipinski definition) is 7. The van der Waals surface area contributed by atoms with Gasteiger partial charge in [-0.2, -0.15) is 0 Å². The van der Waals surface area contributed by atoms with Crippen LogP contribution in [0.25, 0.3) is 0 Å². The van der Waals surface area contributed by atoms with E-state index >= 15 is 0 Å². The molecule has 0 aliphatic carbocycles. The van der Waals surface area contributed by atoms with Crippen LogP contribution in [0.2, 0.25) is 0 Å². The number of carbonyl (C=O) groups excluding carboxylic acids is 2. The highest BCUT2D eigenvalue weighted by molar-refractivity contribution is 7.92. The molecule has 10 heteroatoms. The van der Waals surface area contributed by atoms with E-state index < -0.39 is 21.8 Å². The number of carbonyl (C=O) groups is 2. The SMILES string of the molecule is COc1ccc(C)cc1NS(=O)(=O)c1cc(CN2C(=O)c3cccnc3C2=O)ccc1OC. The second-order valence-electron chi connectivity index (χ2n) is 7.39. The van der Waals surface area contributed by atoms with Crippen LogP contribution in [0, 0.1) is 6.92 Å². The van der Waals surface area contributed by atoms with Crippen LogP contribution < -0.4 is 14.2 Å². The van der Waals surface area contributed by atoms with E-state index in [0.29, 0.717) is 11.3 Å². The van der Waals surface area contributed by atoms with Gasteiger partial charge in [0.1, 0.15) is 22.1 Å². The minimum atomic E-state index is -4.10. The Bertz CT molecular complexity index is 1340. The first-order valence-electron chi connectivity index (χ1n) is 9.90. The number of aryl methyl sites for hydroxylation is 1. The van der Waals surface area contributed by atoms with Gasteiger partial charge in [0.25, 0.3) is 21.8 Å². The number of nitrogens with one attached hydrogen (secondary N) is 1. The third-order valence-electron chi connectivity index (χ3n) is 5.19. The van der Waals surface area contributed by atoms with Crippen LogP contribution in [0.4, 0.5) is 5.69 Å². The standard InChI is InChI=1S/C23H21N3O6S/c1-14-6-8-18(31-2)17(11-14)25-33(29,30)20-12-15(7-9-19(20)32-3)13-26-22(27)16-5-4-10-24-21(16)23(26)28/h4-12,25H,13H2,1-3H3. The first kappa shape index (κ1) is 22.3. The van der Waals surface area contributed by atoms with Crippen LogP contribution in [0.3, 0.4) is 0 Å². The molecule has 0 spiro atoms. The molecule has 1 N–H and O–H groups in total. The summed E-state index contributed by atoms with van der Waals surface area (Å²) in [4.78, 5) is 30.2. The molecule has 0 saturated heterocycles. The lowest BCUT2D eigenvalue weighted by Crippen LogP contribution is -2.29. The van der Waals surface area contributed by atoms with Gasteiger partial charge in [-0.1, -0.05) is 12.1 Å². The number of hydrogen-bond donors (Lipinski definition) is 1.